The largest absolute Gasteiger partial charge is 0.321 e. The molecule has 126 valence electrons. The summed E-state index contributed by atoms with van der Waals surface area (Å²) in [5.41, 5.74) is 1.10. The molecular weight excluding hydrogens is 365 g/mol. The maximum absolute atomic E-state index is 12.3. The van der Waals surface area contributed by atoms with E-state index in [-0.39, 0.29) is 11.3 Å². The molecule has 2 rings (SSSR count). The molecule has 8 heteroatoms. The standard InChI is InChI=1S/C17H11Cl2N3O3/c1-10-6-14(22(24)25)4-5-16(10)21-17(23)12(9-20)7-11-2-3-13(18)8-15(11)19/h2-8H,1H3,(H,21,23)/b12-7-. The minimum Gasteiger partial charge on any atom is -0.321 e. The number of hydrogen-bond donors (Lipinski definition) is 1. The molecule has 25 heavy (non-hydrogen) atoms. The minimum absolute atomic E-state index is 0.0838. The molecule has 0 unspecified atom stereocenters. The molecule has 1 N–H and O–H groups in total. The summed E-state index contributed by atoms with van der Waals surface area (Å²) < 4.78 is 0. The Bertz CT molecular complexity index is 933. The number of benzene rings is 2. The second-order valence-electron chi connectivity index (χ2n) is 5.05. The van der Waals surface area contributed by atoms with Gasteiger partial charge in [0.25, 0.3) is 11.6 Å². The monoisotopic (exact) mass is 375 g/mol. The molecule has 0 fully saturated rings. The fraction of sp³-hybridized carbons (Fsp3) is 0.0588. The van der Waals surface area contributed by atoms with Crippen molar-refractivity contribution in [2.45, 2.75) is 6.92 Å². The smallest absolute Gasteiger partial charge is 0.269 e. The Morgan fingerprint density at radius 2 is 2.00 bits per heavy atom. The summed E-state index contributed by atoms with van der Waals surface area (Å²) in [6.07, 6.45) is 1.34. The first kappa shape index (κ1) is 18.5. The fourth-order valence-electron chi connectivity index (χ4n) is 2.01. The van der Waals surface area contributed by atoms with Gasteiger partial charge in [-0.1, -0.05) is 29.3 Å². The number of aryl methyl sites for hydroxylation is 1. The number of nitro groups is 1. The summed E-state index contributed by atoms with van der Waals surface area (Å²) >= 11 is 11.8. The third kappa shape index (κ3) is 4.57. The van der Waals surface area contributed by atoms with Gasteiger partial charge in [0.05, 0.1) is 4.92 Å². The van der Waals surface area contributed by atoms with E-state index in [1.807, 2.05) is 6.07 Å². The average Bonchev–Trinajstić information content (AvgIpc) is 2.55. The van der Waals surface area contributed by atoms with Gasteiger partial charge in [0, 0.05) is 27.9 Å². The second kappa shape index (κ2) is 7.79. The van der Waals surface area contributed by atoms with Crippen LogP contribution in [-0.2, 0) is 4.79 Å². The molecule has 0 bridgehead atoms. The summed E-state index contributed by atoms with van der Waals surface area (Å²) in [6, 6.07) is 10.5. The van der Waals surface area contributed by atoms with Crippen molar-refractivity contribution < 1.29 is 9.72 Å². The summed E-state index contributed by atoms with van der Waals surface area (Å²) in [5, 5.41) is 23.3. The van der Waals surface area contributed by atoms with Gasteiger partial charge in [-0.15, -0.1) is 0 Å². The van der Waals surface area contributed by atoms with E-state index in [0.29, 0.717) is 26.9 Å². The normalized spacial score (nSPS) is 10.9. The number of nitro benzene ring substituents is 1. The number of nitrogens with zero attached hydrogens (tertiary/aromatic N) is 2. The zero-order chi connectivity index (χ0) is 18.6. The first-order chi connectivity index (χ1) is 11.8. The fourth-order valence-corrected chi connectivity index (χ4v) is 2.48. The molecule has 0 aromatic heterocycles. The van der Waals surface area contributed by atoms with Crippen LogP contribution in [0.3, 0.4) is 0 Å². The number of rotatable bonds is 4. The highest BCUT2D eigenvalue weighted by atomic mass is 35.5. The first-order valence-corrected chi connectivity index (χ1v) is 7.70. The molecule has 6 nitrogen and oxygen atoms in total. The van der Waals surface area contributed by atoms with Gasteiger partial charge in [-0.3, -0.25) is 14.9 Å². The Hall–Kier alpha value is -2.88. The Labute approximate surface area is 153 Å². The van der Waals surface area contributed by atoms with E-state index in [2.05, 4.69) is 5.32 Å². The number of amides is 1. The number of halogens is 2. The lowest BCUT2D eigenvalue weighted by molar-refractivity contribution is -0.384. The van der Waals surface area contributed by atoms with Crippen molar-refractivity contribution >= 4 is 46.6 Å². The van der Waals surface area contributed by atoms with E-state index in [1.54, 1.807) is 19.1 Å². The molecule has 0 aliphatic rings. The lowest BCUT2D eigenvalue weighted by atomic mass is 10.1. The summed E-state index contributed by atoms with van der Waals surface area (Å²) in [5.74, 6) is -0.648. The molecule has 2 aromatic rings. The van der Waals surface area contributed by atoms with Crippen LogP contribution in [0.5, 0.6) is 0 Å². The van der Waals surface area contributed by atoms with Gasteiger partial charge in [0.1, 0.15) is 11.6 Å². The maximum atomic E-state index is 12.3. The number of carbonyl (C=O) groups excluding carboxylic acids is 1. The molecule has 2 aromatic carbocycles. The van der Waals surface area contributed by atoms with Crippen LogP contribution >= 0.6 is 23.2 Å². The van der Waals surface area contributed by atoms with Crippen LogP contribution in [0.15, 0.2) is 42.0 Å². The zero-order valence-electron chi connectivity index (χ0n) is 12.9. The summed E-state index contributed by atoms with van der Waals surface area (Å²) in [6.45, 7) is 1.62. The molecule has 0 spiro atoms. The predicted octanol–water partition coefficient (Wildman–Crippen LogP) is 4.76. The average molecular weight is 376 g/mol. The van der Waals surface area contributed by atoms with E-state index >= 15 is 0 Å². The SMILES string of the molecule is Cc1cc([N+](=O)[O-])ccc1NC(=O)/C(C#N)=C\c1ccc(Cl)cc1Cl. The Kier molecular flexibility index (Phi) is 5.75. The van der Waals surface area contributed by atoms with Gasteiger partial charge in [-0.05, 0) is 42.3 Å². The van der Waals surface area contributed by atoms with Crippen molar-refractivity contribution in [3.8, 4) is 6.07 Å². The number of nitrogens with one attached hydrogen (secondary N) is 1. The van der Waals surface area contributed by atoms with E-state index in [0.717, 1.165) is 0 Å². The Balaban J connectivity index is 2.28. The van der Waals surface area contributed by atoms with Crippen molar-refractivity contribution in [1.29, 1.82) is 5.26 Å². The molecule has 0 aliphatic heterocycles. The maximum Gasteiger partial charge on any atom is 0.269 e. The van der Waals surface area contributed by atoms with Gasteiger partial charge >= 0.3 is 0 Å². The van der Waals surface area contributed by atoms with Crippen molar-refractivity contribution in [3.63, 3.8) is 0 Å². The molecular formula is C17H11Cl2N3O3. The third-order valence-corrected chi connectivity index (χ3v) is 3.86. The highest BCUT2D eigenvalue weighted by Crippen LogP contribution is 2.24. The van der Waals surface area contributed by atoms with Crippen molar-refractivity contribution in [2.24, 2.45) is 0 Å². The molecule has 0 saturated carbocycles. The van der Waals surface area contributed by atoms with Crippen LogP contribution in [0.25, 0.3) is 6.08 Å². The van der Waals surface area contributed by atoms with Gasteiger partial charge in [0.2, 0.25) is 0 Å². The summed E-state index contributed by atoms with van der Waals surface area (Å²) in [4.78, 5) is 22.5. The van der Waals surface area contributed by atoms with E-state index in [9.17, 15) is 20.2 Å². The second-order valence-corrected chi connectivity index (χ2v) is 5.89. The molecule has 1 amide bonds. The number of nitriles is 1. The van der Waals surface area contributed by atoms with Crippen molar-refractivity contribution in [1.82, 2.24) is 0 Å². The third-order valence-electron chi connectivity index (χ3n) is 3.30. The van der Waals surface area contributed by atoms with Crippen LogP contribution in [0.2, 0.25) is 10.0 Å². The number of anilines is 1. The van der Waals surface area contributed by atoms with Crippen LogP contribution in [0.1, 0.15) is 11.1 Å². The van der Waals surface area contributed by atoms with Crippen molar-refractivity contribution in [2.75, 3.05) is 5.32 Å². The van der Waals surface area contributed by atoms with E-state index < -0.39 is 10.8 Å². The molecule has 0 aliphatic carbocycles. The molecule has 0 saturated heterocycles. The van der Waals surface area contributed by atoms with Gasteiger partial charge in [-0.25, -0.2) is 0 Å². The van der Waals surface area contributed by atoms with Gasteiger partial charge < -0.3 is 5.32 Å². The molecule has 0 radical (unpaired) electrons. The minimum atomic E-state index is -0.648. The van der Waals surface area contributed by atoms with Crippen LogP contribution in [0, 0.1) is 28.4 Å². The topological polar surface area (TPSA) is 96.0 Å². The van der Waals surface area contributed by atoms with E-state index in [1.165, 1.54) is 30.3 Å². The zero-order valence-corrected chi connectivity index (χ0v) is 14.4. The Morgan fingerprint density at radius 1 is 1.28 bits per heavy atom. The quantitative estimate of drug-likeness (QED) is 0.360. The number of non-ortho nitro benzene ring substituents is 1. The van der Waals surface area contributed by atoms with Crippen molar-refractivity contribution in [3.05, 3.63) is 73.3 Å². The predicted molar refractivity (Wildman–Crippen MR) is 96.5 cm³/mol. The highest BCUT2D eigenvalue weighted by Gasteiger charge is 2.14. The molecule has 0 heterocycles. The first-order valence-electron chi connectivity index (χ1n) is 6.95. The van der Waals surface area contributed by atoms with Crippen LogP contribution in [0.4, 0.5) is 11.4 Å². The number of hydrogen-bond acceptors (Lipinski definition) is 4. The van der Waals surface area contributed by atoms with Crippen LogP contribution < -0.4 is 5.32 Å². The lowest BCUT2D eigenvalue weighted by Gasteiger charge is -2.08. The Morgan fingerprint density at radius 3 is 2.56 bits per heavy atom. The highest BCUT2D eigenvalue weighted by molar-refractivity contribution is 6.35. The van der Waals surface area contributed by atoms with Gasteiger partial charge in [0.15, 0.2) is 0 Å². The number of carbonyl (C=O) groups is 1. The van der Waals surface area contributed by atoms with Gasteiger partial charge in [-0.2, -0.15) is 5.26 Å². The van der Waals surface area contributed by atoms with E-state index in [4.69, 9.17) is 23.2 Å². The molecule has 0 atom stereocenters. The van der Waals surface area contributed by atoms with Crippen LogP contribution in [-0.4, -0.2) is 10.8 Å². The summed E-state index contributed by atoms with van der Waals surface area (Å²) in [7, 11) is 0. The lowest BCUT2D eigenvalue weighted by Crippen LogP contribution is -2.14.